The molecule has 3 aromatic heterocycles. The van der Waals surface area contributed by atoms with Crippen molar-refractivity contribution >= 4 is 0 Å². The smallest absolute Gasteiger partial charge is 0.295 e. The second-order valence-corrected chi connectivity index (χ2v) is 11.5. The zero-order valence-electron chi connectivity index (χ0n) is 23.7. The summed E-state index contributed by atoms with van der Waals surface area (Å²) < 4.78 is 4.10. The molecular formula is C31H41N7O. The van der Waals surface area contributed by atoms with E-state index in [1.54, 1.807) is 0 Å². The molecule has 1 aliphatic rings. The van der Waals surface area contributed by atoms with Crippen LogP contribution in [0.5, 0.6) is 0 Å². The van der Waals surface area contributed by atoms with Crippen LogP contribution >= 0.6 is 0 Å². The van der Waals surface area contributed by atoms with Gasteiger partial charge in [-0.25, -0.2) is 9.89 Å². The Kier molecular flexibility index (Phi) is 8.38. The summed E-state index contributed by atoms with van der Waals surface area (Å²) in [6.45, 7) is 9.71. The number of pyridine rings is 1. The Morgan fingerprint density at radius 3 is 2.56 bits per heavy atom. The van der Waals surface area contributed by atoms with Crippen LogP contribution in [-0.4, -0.2) is 34.7 Å². The first kappa shape index (κ1) is 27.0. The van der Waals surface area contributed by atoms with Gasteiger partial charge in [0.1, 0.15) is 0 Å². The summed E-state index contributed by atoms with van der Waals surface area (Å²) in [5.41, 5.74) is 4.97. The van der Waals surface area contributed by atoms with Gasteiger partial charge in [-0.2, -0.15) is 0 Å². The predicted octanol–water partition coefficient (Wildman–Crippen LogP) is 6.31. The van der Waals surface area contributed by atoms with E-state index < -0.39 is 0 Å². The maximum atomic E-state index is 14.0. The molecule has 3 atom stereocenters. The largest absolute Gasteiger partial charge is 0.328 e. The van der Waals surface area contributed by atoms with Crippen molar-refractivity contribution in [3.63, 3.8) is 0 Å². The molecule has 1 saturated carbocycles. The number of benzene rings is 1. The SMILES string of the molecule is CCCCc1cn(C2C(C)CCCCC2C(C)C)c(=O)n1Cc1ccc(-c2ccccc2-c2nnn[nH]2)nc1. The number of hydrogen-bond donors (Lipinski definition) is 1. The highest BCUT2D eigenvalue weighted by atomic mass is 16.1. The van der Waals surface area contributed by atoms with Gasteiger partial charge in [-0.15, -0.1) is 5.10 Å². The summed E-state index contributed by atoms with van der Waals surface area (Å²) in [7, 11) is 0. The molecule has 0 aliphatic heterocycles. The molecule has 8 heteroatoms. The molecule has 1 aliphatic carbocycles. The first-order valence-corrected chi connectivity index (χ1v) is 14.6. The Balaban J connectivity index is 1.47. The summed E-state index contributed by atoms with van der Waals surface area (Å²) in [6, 6.07) is 12.3. The minimum atomic E-state index is 0.123. The van der Waals surface area contributed by atoms with Gasteiger partial charge in [0.25, 0.3) is 0 Å². The van der Waals surface area contributed by atoms with Crippen molar-refractivity contribution in [2.24, 2.45) is 17.8 Å². The van der Waals surface area contributed by atoms with Crippen molar-refractivity contribution in [2.75, 3.05) is 0 Å². The quantitative estimate of drug-likeness (QED) is 0.258. The van der Waals surface area contributed by atoms with Gasteiger partial charge in [-0.1, -0.05) is 77.3 Å². The minimum absolute atomic E-state index is 0.123. The molecule has 8 nitrogen and oxygen atoms in total. The zero-order chi connectivity index (χ0) is 27.4. The molecule has 0 amide bonds. The van der Waals surface area contributed by atoms with Gasteiger partial charge in [0.15, 0.2) is 5.82 Å². The number of aromatic nitrogens is 7. The van der Waals surface area contributed by atoms with E-state index >= 15 is 0 Å². The van der Waals surface area contributed by atoms with E-state index in [-0.39, 0.29) is 11.7 Å². The van der Waals surface area contributed by atoms with E-state index in [9.17, 15) is 4.79 Å². The van der Waals surface area contributed by atoms with Gasteiger partial charge in [-0.3, -0.25) is 14.1 Å². The lowest BCUT2D eigenvalue weighted by Crippen LogP contribution is -2.35. The molecule has 206 valence electrons. The maximum Gasteiger partial charge on any atom is 0.328 e. The van der Waals surface area contributed by atoms with E-state index in [0.29, 0.717) is 30.1 Å². The number of aryl methyl sites for hydroxylation is 1. The van der Waals surface area contributed by atoms with Crippen LogP contribution in [0.4, 0.5) is 0 Å². The topological polar surface area (TPSA) is 94.3 Å². The highest BCUT2D eigenvalue weighted by Crippen LogP contribution is 2.40. The molecule has 0 saturated heterocycles. The van der Waals surface area contributed by atoms with Crippen molar-refractivity contribution in [2.45, 2.75) is 85.2 Å². The number of aromatic amines is 1. The summed E-state index contributed by atoms with van der Waals surface area (Å²) in [4.78, 5) is 18.8. The normalized spacial score (nSPS) is 19.9. The van der Waals surface area contributed by atoms with Crippen LogP contribution < -0.4 is 5.69 Å². The molecule has 0 spiro atoms. The average Bonchev–Trinajstić information content (AvgIpc) is 3.53. The Labute approximate surface area is 230 Å². The van der Waals surface area contributed by atoms with E-state index in [1.165, 1.54) is 25.7 Å². The Morgan fingerprint density at radius 1 is 1.08 bits per heavy atom. The van der Waals surface area contributed by atoms with Gasteiger partial charge in [0.05, 0.1) is 12.2 Å². The number of nitrogens with zero attached hydrogens (tertiary/aromatic N) is 6. The molecule has 3 unspecified atom stereocenters. The number of unbranched alkanes of at least 4 members (excludes halogenated alkanes) is 1. The highest BCUT2D eigenvalue weighted by Gasteiger charge is 2.34. The Hall–Kier alpha value is -3.55. The van der Waals surface area contributed by atoms with Gasteiger partial charge < -0.3 is 0 Å². The standard InChI is InChI=1S/C31H41N7O/c1-5-6-12-24-20-38(29-22(4)11-7-8-13-25(29)21(2)3)31(39)37(24)19-23-16-17-28(32-18-23)26-14-9-10-15-27(26)30-33-35-36-34-30/h9-10,14-18,20-22,25,29H,5-8,11-13,19H2,1-4H3,(H,33,34,35,36). The van der Waals surface area contributed by atoms with E-state index in [2.05, 4.69) is 65.1 Å². The van der Waals surface area contributed by atoms with Gasteiger partial charge in [0, 0.05) is 35.3 Å². The Bertz CT molecular complexity index is 1400. The molecule has 3 heterocycles. The Morgan fingerprint density at radius 2 is 1.87 bits per heavy atom. The first-order chi connectivity index (χ1) is 19.0. The third-order valence-corrected chi connectivity index (χ3v) is 8.49. The lowest BCUT2D eigenvalue weighted by Gasteiger charge is -2.33. The van der Waals surface area contributed by atoms with Crippen molar-refractivity contribution < 1.29 is 0 Å². The fourth-order valence-electron chi connectivity index (χ4n) is 6.35. The van der Waals surface area contributed by atoms with E-state index in [1.807, 2.05) is 41.1 Å². The number of imidazole rings is 1. The number of nitrogens with one attached hydrogen (secondary N) is 1. The van der Waals surface area contributed by atoms with Crippen LogP contribution in [0.3, 0.4) is 0 Å². The van der Waals surface area contributed by atoms with Gasteiger partial charge in [-0.05, 0) is 65.5 Å². The minimum Gasteiger partial charge on any atom is -0.295 e. The lowest BCUT2D eigenvalue weighted by atomic mass is 9.80. The summed E-state index contributed by atoms with van der Waals surface area (Å²) >= 11 is 0. The molecule has 1 fully saturated rings. The van der Waals surface area contributed by atoms with Crippen LogP contribution in [0.25, 0.3) is 22.6 Å². The average molecular weight is 528 g/mol. The van der Waals surface area contributed by atoms with Crippen LogP contribution in [0.1, 0.15) is 83.5 Å². The second kappa shape index (κ2) is 12.1. The third kappa shape index (κ3) is 5.75. The van der Waals surface area contributed by atoms with Crippen LogP contribution in [0, 0.1) is 17.8 Å². The first-order valence-electron chi connectivity index (χ1n) is 14.6. The summed E-state index contributed by atoms with van der Waals surface area (Å²) in [5.74, 6) is 2.18. The molecular weight excluding hydrogens is 486 g/mol. The molecule has 1 aromatic carbocycles. The maximum absolute atomic E-state index is 14.0. The van der Waals surface area contributed by atoms with Crippen molar-refractivity contribution in [3.8, 4) is 22.6 Å². The molecule has 0 bridgehead atoms. The van der Waals surface area contributed by atoms with Gasteiger partial charge in [0.2, 0.25) is 0 Å². The zero-order valence-corrected chi connectivity index (χ0v) is 23.7. The molecule has 5 rings (SSSR count). The summed E-state index contributed by atoms with van der Waals surface area (Å²) in [6.07, 6.45) is 12.1. The molecule has 4 aromatic rings. The fourth-order valence-corrected chi connectivity index (χ4v) is 6.35. The van der Waals surface area contributed by atoms with Crippen molar-refractivity contribution in [1.29, 1.82) is 0 Å². The molecule has 0 radical (unpaired) electrons. The lowest BCUT2D eigenvalue weighted by molar-refractivity contribution is 0.188. The summed E-state index contributed by atoms with van der Waals surface area (Å²) in [5, 5.41) is 14.3. The van der Waals surface area contributed by atoms with Crippen LogP contribution in [0.15, 0.2) is 53.6 Å². The van der Waals surface area contributed by atoms with Crippen molar-refractivity contribution in [1.82, 2.24) is 34.7 Å². The van der Waals surface area contributed by atoms with Crippen molar-refractivity contribution in [3.05, 3.63) is 70.5 Å². The number of tetrazole rings is 1. The predicted molar refractivity (Wildman–Crippen MR) is 154 cm³/mol. The number of rotatable bonds is 9. The van der Waals surface area contributed by atoms with E-state index in [4.69, 9.17) is 4.98 Å². The number of hydrogen-bond acceptors (Lipinski definition) is 5. The van der Waals surface area contributed by atoms with Gasteiger partial charge >= 0.3 is 5.69 Å². The van der Waals surface area contributed by atoms with E-state index in [0.717, 1.165) is 47.3 Å². The van der Waals surface area contributed by atoms with Crippen LogP contribution in [0.2, 0.25) is 0 Å². The third-order valence-electron chi connectivity index (χ3n) is 8.49. The highest BCUT2D eigenvalue weighted by molar-refractivity contribution is 5.78. The molecule has 1 N–H and O–H groups in total. The second-order valence-electron chi connectivity index (χ2n) is 11.5. The monoisotopic (exact) mass is 527 g/mol. The molecule has 39 heavy (non-hydrogen) atoms. The fraction of sp³-hybridized carbons (Fsp3) is 0.516. The van der Waals surface area contributed by atoms with Crippen LogP contribution in [-0.2, 0) is 13.0 Å². The number of H-pyrrole nitrogens is 1.